The molecule has 3 heteroatoms. The van der Waals surface area contributed by atoms with E-state index in [4.69, 9.17) is 16.3 Å². The second kappa shape index (κ2) is 4.74. The van der Waals surface area contributed by atoms with E-state index < -0.39 is 0 Å². The predicted molar refractivity (Wildman–Crippen MR) is 83.0 cm³/mol. The van der Waals surface area contributed by atoms with Gasteiger partial charge in [0.2, 0.25) is 0 Å². The topological polar surface area (TPSA) is 26.3 Å². The lowest BCUT2D eigenvalue weighted by Crippen LogP contribution is -2.48. The summed E-state index contributed by atoms with van der Waals surface area (Å²) in [6, 6.07) is 5.70. The van der Waals surface area contributed by atoms with Gasteiger partial charge in [-0.25, -0.2) is 0 Å². The number of methoxy groups -OCH3 is 1. The average molecular weight is 305 g/mol. The van der Waals surface area contributed by atoms with Crippen molar-refractivity contribution in [3.63, 3.8) is 0 Å². The molecule has 5 rings (SSSR count). The minimum atomic E-state index is -0.372. The number of rotatable bonds is 3. The molecule has 1 aromatic rings. The van der Waals surface area contributed by atoms with Gasteiger partial charge in [-0.2, -0.15) is 0 Å². The Kier molecular flexibility index (Phi) is 3.08. The van der Waals surface area contributed by atoms with Crippen LogP contribution in [0.1, 0.15) is 54.4 Å². The van der Waals surface area contributed by atoms with E-state index in [1.165, 1.54) is 44.1 Å². The second-order valence-corrected chi connectivity index (χ2v) is 7.73. The van der Waals surface area contributed by atoms with E-state index in [0.29, 0.717) is 5.56 Å². The lowest BCUT2D eigenvalue weighted by molar-refractivity contribution is -0.00616. The van der Waals surface area contributed by atoms with Crippen LogP contribution in [-0.4, -0.2) is 12.4 Å². The summed E-state index contributed by atoms with van der Waals surface area (Å²) in [5.74, 6) is 3.54. The number of hydrogen-bond acceptors (Lipinski definition) is 2. The fourth-order valence-electron chi connectivity index (χ4n) is 5.69. The Bertz CT molecular complexity index is 558. The van der Waals surface area contributed by atoms with Crippen molar-refractivity contribution in [3.8, 4) is 5.75 Å². The first kappa shape index (κ1) is 13.6. The van der Waals surface area contributed by atoms with Crippen molar-refractivity contribution in [1.29, 1.82) is 0 Å². The Morgan fingerprint density at radius 2 is 1.71 bits per heavy atom. The first-order valence-electron chi connectivity index (χ1n) is 7.98. The van der Waals surface area contributed by atoms with Crippen LogP contribution in [0.5, 0.6) is 5.75 Å². The van der Waals surface area contributed by atoms with E-state index >= 15 is 0 Å². The van der Waals surface area contributed by atoms with Gasteiger partial charge in [0.25, 0.3) is 5.24 Å². The second-order valence-electron chi connectivity index (χ2n) is 7.39. The Labute approximate surface area is 130 Å². The Balaban J connectivity index is 1.81. The molecule has 4 fully saturated rings. The van der Waals surface area contributed by atoms with Crippen LogP contribution in [-0.2, 0) is 5.41 Å². The van der Waals surface area contributed by atoms with Gasteiger partial charge in [0.05, 0.1) is 7.11 Å². The number of halogens is 1. The van der Waals surface area contributed by atoms with Crippen LogP contribution >= 0.6 is 11.6 Å². The molecule has 0 spiro atoms. The molecule has 0 atom stereocenters. The Morgan fingerprint density at radius 1 is 1.14 bits per heavy atom. The Hall–Kier alpha value is -1.02. The van der Waals surface area contributed by atoms with E-state index in [1.54, 1.807) is 13.2 Å². The average Bonchev–Trinajstić information content (AvgIpc) is 2.45. The number of benzene rings is 1. The molecular formula is C18H21ClO2. The lowest BCUT2D eigenvalue weighted by Gasteiger charge is -2.57. The van der Waals surface area contributed by atoms with Crippen LogP contribution in [0.2, 0.25) is 0 Å². The minimum Gasteiger partial charge on any atom is -0.496 e. The van der Waals surface area contributed by atoms with Crippen molar-refractivity contribution < 1.29 is 9.53 Å². The molecule has 2 nitrogen and oxygen atoms in total. The van der Waals surface area contributed by atoms with Crippen molar-refractivity contribution in [2.24, 2.45) is 17.8 Å². The van der Waals surface area contributed by atoms with Crippen LogP contribution in [0.15, 0.2) is 18.2 Å². The first-order valence-corrected chi connectivity index (χ1v) is 8.36. The molecule has 0 amide bonds. The fourth-order valence-corrected chi connectivity index (χ4v) is 5.80. The van der Waals surface area contributed by atoms with Crippen molar-refractivity contribution >= 4 is 16.8 Å². The number of carbonyl (C=O) groups is 1. The van der Waals surface area contributed by atoms with Gasteiger partial charge in [-0.3, -0.25) is 4.79 Å². The molecule has 0 radical (unpaired) electrons. The predicted octanol–water partition coefficient (Wildman–Crippen LogP) is 4.54. The van der Waals surface area contributed by atoms with E-state index in [0.717, 1.165) is 23.5 Å². The van der Waals surface area contributed by atoms with Gasteiger partial charge in [0.15, 0.2) is 0 Å². The molecule has 4 aliphatic rings. The van der Waals surface area contributed by atoms with Gasteiger partial charge in [-0.05, 0) is 91.5 Å². The normalized spacial score (nSPS) is 36.8. The van der Waals surface area contributed by atoms with Crippen LogP contribution in [0.4, 0.5) is 0 Å². The van der Waals surface area contributed by atoms with Gasteiger partial charge in [-0.15, -0.1) is 0 Å². The summed E-state index contributed by atoms with van der Waals surface area (Å²) in [4.78, 5) is 11.5. The summed E-state index contributed by atoms with van der Waals surface area (Å²) >= 11 is 5.70. The van der Waals surface area contributed by atoms with E-state index in [9.17, 15) is 4.79 Å². The quantitative estimate of drug-likeness (QED) is 0.766. The van der Waals surface area contributed by atoms with Crippen LogP contribution in [0.3, 0.4) is 0 Å². The lowest BCUT2D eigenvalue weighted by atomic mass is 9.48. The fraction of sp³-hybridized carbons (Fsp3) is 0.611. The van der Waals surface area contributed by atoms with Crippen LogP contribution in [0, 0.1) is 17.8 Å². The molecule has 0 aromatic heterocycles. The van der Waals surface area contributed by atoms with Gasteiger partial charge in [0, 0.05) is 11.1 Å². The SMILES string of the molecule is COc1ccc(C(=O)Cl)cc1C12CC3CC(CC(C3)C1)C2. The maximum Gasteiger partial charge on any atom is 0.252 e. The number of carbonyl (C=O) groups excluding carboxylic acids is 1. The first-order chi connectivity index (χ1) is 10.1. The monoisotopic (exact) mass is 304 g/mol. The maximum atomic E-state index is 11.5. The molecule has 4 aliphatic carbocycles. The number of hydrogen-bond donors (Lipinski definition) is 0. The molecule has 0 saturated heterocycles. The van der Waals surface area contributed by atoms with E-state index in [1.807, 2.05) is 12.1 Å². The maximum absolute atomic E-state index is 11.5. The molecular weight excluding hydrogens is 284 g/mol. The molecule has 0 unspecified atom stereocenters. The molecule has 4 saturated carbocycles. The summed E-state index contributed by atoms with van der Waals surface area (Å²) in [6.45, 7) is 0. The third-order valence-corrected chi connectivity index (χ3v) is 6.25. The molecule has 4 bridgehead atoms. The van der Waals surface area contributed by atoms with E-state index in [2.05, 4.69) is 0 Å². The molecule has 1 aromatic carbocycles. The van der Waals surface area contributed by atoms with Crippen molar-refractivity contribution in [1.82, 2.24) is 0 Å². The zero-order valence-electron chi connectivity index (χ0n) is 12.4. The van der Waals surface area contributed by atoms with Gasteiger partial charge < -0.3 is 4.74 Å². The third kappa shape index (κ3) is 2.11. The Morgan fingerprint density at radius 3 is 2.19 bits per heavy atom. The summed E-state index contributed by atoms with van der Waals surface area (Å²) in [6.07, 6.45) is 8.01. The third-order valence-electron chi connectivity index (χ3n) is 6.04. The number of ether oxygens (including phenoxy) is 1. The van der Waals surface area contributed by atoms with Gasteiger partial charge >= 0.3 is 0 Å². The zero-order valence-corrected chi connectivity index (χ0v) is 13.2. The van der Waals surface area contributed by atoms with Crippen molar-refractivity contribution in [3.05, 3.63) is 29.3 Å². The summed E-state index contributed by atoms with van der Waals surface area (Å²) in [7, 11) is 1.72. The largest absolute Gasteiger partial charge is 0.496 e. The summed E-state index contributed by atoms with van der Waals surface area (Å²) in [5.41, 5.74) is 2.06. The van der Waals surface area contributed by atoms with Crippen LogP contribution in [0.25, 0.3) is 0 Å². The smallest absolute Gasteiger partial charge is 0.252 e. The molecule has 21 heavy (non-hydrogen) atoms. The van der Waals surface area contributed by atoms with Crippen LogP contribution < -0.4 is 4.74 Å². The standard InChI is InChI=1S/C18H21ClO2/c1-21-16-3-2-14(17(19)20)7-15(16)18-8-11-4-12(9-18)6-13(5-11)10-18/h2-3,7,11-13H,4-6,8-10H2,1H3. The van der Waals surface area contributed by atoms with Gasteiger partial charge in [0.1, 0.15) is 5.75 Å². The molecule has 0 N–H and O–H groups in total. The molecule has 0 heterocycles. The highest BCUT2D eigenvalue weighted by Crippen LogP contribution is 2.61. The van der Waals surface area contributed by atoms with E-state index in [-0.39, 0.29) is 10.7 Å². The van der Waals surface area contributed by atoms with Crippen molar-refractivity contribution in [2.75, 3.05) is 7.11 Å². The highest BCUT2D eigenvalue weighted by molar-refractivity contribution is 6.67. The molecule has 0 aliphatic heterocycles. The minimum absolute atomic E-state index is 0.225. The van der Waals surface area contributed by atoms with Crippen molar-refractivity contribution in [2.45, 2.75) is 43.9 Å². The molecule has 112 valence electrons. The highest BCUT2D eigenvalue weighted by Gasteiger charge is 2.52. The summed E-state index contributed by atoms with van der Waals surface area (Å²) in [5, 5.41) is -0.372. The van der Waals surface area contributed by atoms with Gasteiger partial charge in [-0.1, -0.05) is 0 Å². The zero-order chi connectivity index (χ0) is 14.6. The highest BCUT2D eigenvalue weighted by atomic mass is 35.5. The summed E-state index contributed by atoms with van der Waals surface area (Å²) < 4.78 is 5.62.